The molecule has 9 nitrogen and oxygen atoms in total. The number of anilines is 3. The van der Waals surface area contributed by atoms with Crippen LogP contribution in [-0.2, 0) is 37.7 Å². The predicted octanol–water partition coefficient (Wildman–Crippen LogP) is 7.01. The third-order valence-corrected chi connectivity index (χ3v) is 14.0. The summed E-state index contributed by atoms with van der Waals surface area (Å²) in [5, 5.41) is 16.5. The number of fused-ring (bicyclic) bond motifs is 3. The number of ether oxygens (including phenoxy) is 1. The lowest BCUT2D eigenvalue weighted by molar-refractivity contribution is -0.150. The highest BCUT2D eigenvalue weighted by atomic mass is 28.4. The van der Waals surface area contributed by atoms with Crippen molar-refractivity contribution in [1.82, 2.24) is 4.90 Å². The van der Waals surface area contributed by atoms with Crippen LogP contribution >= 0.6 is 0 Å². The number of benzene rings is 4. The maximum Gasteiger partial charge on any atom is 0.268 e. The second kappa shape index (κ2) is 13.5. The van der Waals surface area contributed by atoms with Crippen LogP contribution in [0.15, 0.2) is 108 Å². The molecule has 11 heteroatoms. The normalized spacial score (nSPS) is 25.5. The number of amides is 3. The van der Waals surface area contributed by atoms with Gasteiger partial charge in [0, 0.05) is 42.1 Å². The Balaban J connectivity index is 1.21. The highest BCUT2D eigenvalue weighted by molar-refractivity contribution is 6.72. The van der Waals surface area contributed by atoms with Crippen molar-refractivity contribution in [3.8, 4) is 0 Å². The van der Waals surface area contributed by atoms with Crippen molar-refractivity contribution in [3.63, 3.8) is 0 Å². The van der Waals surface area contributed by atoms with Crippen LogP contribution < -0.4 is 9.91 Å². The molecule has 0 bridgehead atoms. The monoisotopic (exact) mass is 730 g/mol. The first kappa shape index (κ1) is 35.1. The molecule has 4 aromatic rings. The minimum atomic E-state index is -3.60. The van der Waals surface area contributed by atoms with Crippen LogP contribution in [0, 0.1) is 5.92 Å². The molecule has 1 saturated heterocycles. The van der Waals surface area contributed by atoms with E-state index in [2.05, 4.69) is 0 Å². The van der Waals surface area contributed by atoms with Gasteiger partial charge in [0.05, 0.1) is 42.3 Å². The molecule has 53 heavy (non-hydrogen) atoms. The van der Waals surface area contributed by atoms with Crippen molar-refractivity contribution >= 4 is 48.9 Å². The Bertz CT molecular complexity index is 2110. The van der Waals surface area contributed by atoms with Crippen LogP contribution in [-0.4, -0.2) is 60.6 Å². The number of rotatable bonds is 7. The van der Waals surface area contributed by atoms with E-state index in [-0.39, 0.29) is 37.2 Å². The number of hydrogen-bond acceptors (Lipinski definition) is 6. The predicted molar refractivity (Wildman–Crippen MR) is 204 cm³/mol. The Morgan fingerprint density at radius 1 is 0.925 bits per heavy atom. The quantitative estimate of drug-likeness (QED) is 0.163. The van der Waals surface area contributed by atoms with Gasteiger partial charge in [-0.05, 0) is 66.5 Å². The van der Waals surface area contributed by atoms with Crippen molar-refractivity contribution in [3.05, 3.63) is 125 Å². The van der Waals surface area contributed by atoms with E-state index in [1.165, 1.54) is 5.01 Å². The summed E-state index contributed by atoms with van der Waals surface area (Å²) in [6, 6.07) is 31.8. The number of aliphatic hydroxyl groups is 1. The molecule has 5 atom stereocenters. The third-order valence-electron chi connectivity index (χ3n) is 11.5. The summed E-state index contributed by atoms with van der Waals surface area (Å²) in [7, 11) is -3.60. The molecule has 0 radical (unpaired) electrons. The van der Waals surface area contributed by atoms with Gasteiger partial charge < -0.3 is 18.9 Å². The molecule has 0 aromatic heterocycles. The Morgan fingerprint density at radius 3 is 2.30 bits per heavy atom. The first-order valence-electron chi connectivity index (χ1n) is 18.3. The molecular weight excluding hydrogens is 688 g/mol. The molecule has 0 unspecified atom stereocenters. The second-order valence-electron chi connectivity index (χ2n) is 15.1. The standard InChI is InChI=1S/C42H43FN4O5Si/c1-27-40(53(2,3)43)37(24-39(50)45-25-30-15-11-10-14-29(30)22-33(45)26-48)52-42(27)34-23-32(18-20-36(34)46(41(42)51)31-16-8-5-9-17-31)47-38(49)21-19-35(44-47)28-12-6-4-7-13-28/h4-18,20,23,27,33,37,40,48H,19,21-22,24-26H2,1-3H3/t27-,33-,37+,40-,42+/m0/s1. The van der Waals surface area contributed by atoms with Gasteiger partial charge in [-0.2, -0.15) is 5.10 Å². The number of carbonyl (C=O) groups excluding carboxylic acids is 3. The van der Waals surface area contributed by atoms with E-state index in [1.807, 2.05) is 97.9 Å². The highest BCUT2D eigenvalue weighted by Crippen LogP contribution is 2.61. The van der Waals surface area contributed by atoms with Gasteiger partial charge in [0.1, 0.15) is 0 Å². The SMILES string of the molecule is C[C@H]1[C@H]([Si](C)(C)F)[C@@H](CC(=O)N2Cc3ccccc3C[C@H]2CO)O[C@]12C(=O)N(c1ccccc1)c1ccc(N3N=C(c4ccccc4)CCC3=O)cc12. The first-order valence-corrected chi connectivity index (χ1v) is 21.3. The molecule has 4 heterocycles. The maximum absolute atomic E-state index is 16.7. The summed E-state index contributed by atoms with van der Waals surface area (Å²) in [5.41, 5.74) is 3.65. The summed E-state index contributed by atoms with van der Waals surface area (Å²) in [6.07, 6.45) is 0.236. The molecule has 4 aliphatic heterocycles. The van der Waals surface area contributed by atoms with Crippen LogP contribution in [0.5, 0.6) is 0 Å². The highest BCUT2D eigenvalue weighted by Gasteiger charge is 2.67. The van der Waals surface area contributed by atoms with E-state index in [9.17, 15) is 14.7 Å². The van der Waals surface area contributed by atoms with E-state index in [0.717, 1.165) is 22.4 Å². The van der Waals surface area contributed by atoms with Gasteiger partial charge in [-0.1, -0.05) is 79.7 Å². The van der Waals surface area contributed by atoms with Crippen LogP contribution in [0.1, 0.15) is 48.4 Å². The number of halogens is 1. The maximum atomic E-state index is 16.7. The molecule has 1 fully saturated rings. The van der Waals surface area contributed by atoms with Crippen molar-refractivity contribution < 1.29 is 28.3 Å². The second-order valence-corrected chi connectivity index (χ2v) is 18.9. The molecular formula is C42H43FN4O5Si. The minimum absolute atomic E-state index is 0.140. The van der Waals surface area contributed by atoms with Crippen LogP contribution in [0.3, 0.4) is 0 Å². The lowest BCUT2D eigenvalue weighted by atomic mass is 9.82. The molecule has 0 saturated carbocycles. The van der Waals surface area contributed by atoms with E-state index < -0.39 is 37.6 Å². The lowest BCUT2D eigenvalue weighted by Crippen LogP contribution is -2.48. The fraction of sp³-hybridized carbons (Fsp3) is 0.333. The molecule has 0 aliphatic carbocycles. The zero-order valence-corrected chi connectivity index (χ0v) is 31.1. The molecule has 3 amide bonds. The zero-order valence-electron chi connectivity index (χ0n) is 30.1. The van der Waals surface area contributed by atoms with Crippen LogP contribution in [0.4, 0.5) is 21.2 Å². The number of para-hydroxylation sites is 1. The minimum Gasteiger partial charge on any atom is -0.394 e. The van der Waals surface area contributed by atoms with Gasteiger partial charge in [-0.25, -0.2) is 5.01 Å². The molecule has 272 valence electrons. The summed E-state index contributed by atoms with van der Waals surface area (Å²) < 4.78 is 23.7. The van der Waals surface area contributed by atoms with E-state index in [4.69, 9.17) is 9.84 Å². The zero-order chi connectivity index (χ0) is 37.1. The smallest absolute Gasteiger partial charge is 0.268 e. The van der Waals surface area contributed by atoms with Gasteiger partial charge >= 0.3 is 0 Å². The van der Waals surface area contributed by atoms with Crippen LogP contribution in [0.2, 0.25) is 18.6 Å². The Morgan fingerprint density at radius 2 is 1.60 bits per heavy atom. The first-order chi connectivity index (χ1) is 25.5. The van der Waals surface area contributed by atoms with Gasteiger partial charge in [0.15, 0.2) is 5.60 Å². The summed E-state index contributed by atoms with van der Waals surface area (Å²) in [5.74, 6) is -1.45. The van der Waals surface area contributed by atoms with E-state index in [0.29, 0.717) is 42.0 Å². The van der Waals surface area contributed by atoms with E-state index in [1.54, 1.807) is 35.0 Å². The number of hydrazone groups is 1. The molecule has 1 spiro atoms. The Labute approximate surface area is 309 Å². The van der Waals surface area contributed by atoms with Gasteiger partial charge in [-0.3, -0.25) is 19.3 Å². The number of nitrogens with zero attached hydrogens (tertiary/aromatic N) is 4. The number of hydrogen-bond donors (Lipinski definition) is 1. The van der Waals surface area contributed by atoms with Gasteiger partial charge in [0.2, 0.25) is 20.2 Å². The number of aliphatic hydroxyl groups excluding tert-OH is 1. The van der Waals surface area contributed by atoms with Gasteiger partial charge in [0.25, 0.3) is 5.91 Å². The molecule has 8 rings (SSSR count). The summed E-state index contributed by atoms with van der Waals surface area (Å²) in [6.45, 7) is 5.21. The Hall–Kier alpha value is -4.97. The average molecular weight is 731 g/mol. The molecule has 4 aliphatic rings. The van der Waals surface area contributed by atoms with Gasteiger partial charge in [-0.15, -0.1) is 0 Å². The third kappa shape index (κ3) is 5.91. The molecule has 1 N–H and O–H groups in total. The molecule has 4 aromatic carbocycles. The van der Waals surface area contributed by atoms with Crippen molar-refractivity contribution in [2.75, 3.05) is 16.5 Å². The number of carbonyl (C=O) groups is 3. The fourth-order valence-corrected chi connectivity index (χ4v) is 11.5. The van der Waals surface area contributed by atoms with E-state index >= 15 is 8.90 Å². The largest absolute Gasteiger partial charge is 0.394 e. The van der Waals surface area contributed by atoms with Crippen molar-refractivity contribution in [1.29, 1.82) is 0 Å². The fourth-order valence-electron chi connectivity index (χ4n) is 9.05. The lowest BCUT2D eigenvalue weighted by Gasteiger charge is -2.37. The Kier molecular flexibility index (Phi) is 8.91. The topological polar surface area (TPSA) is 103 Å². The summed E-state index contributed by atoms with van der Waals surface area (Å²) >= 11 is 0. The van der Waals surface area contributed by atoms with Crippen molar-refractivity contribution in [2.45, 2.75) is 75.5 Å². The average Bonchev–Trinajstić information content (AvgIpc) is 3.60. The summed E-state index contributed by atoms with van der Waals surface area (Å²) in [4.78, 5) is 46.1. The van der Waals surface area contributed by atoms with Crippen LogP contribution in [0.25, 0.3) is 0 Å². The van der Waals surface area contributed by atoms with Crippen molar-refractivity contribution in [2.24, 2.45) is 11.0 Å².